The molecule has 0 spiro atoms. The summed E-state index contributed by atoms with van der Waals surface area (Å²) in [5.74, 6) is 0. The molecule has 0 fully saturated rings. The van der Waals surface area contributed by atoms with Crippen molar-refractivity contribution in [2.75, 3.05) is 7.11 Å². The van der Waals surface area contributed by atoms with E-state index >= 15 is 0 Å². The first-order valence-corrected chi connectivity index (χ1v) is 4.98. The molecule has 0 N–H and O–H groups in total. The average molecular weight is 149 g/mol. The van der Waals surface area contributed by atoms with Gasteiger partial charge in [0.15, 0.2) is 0 Å². The van der Waals surface area contributed by atoms with Crippen molar-refractivity contribution in [2.24, 2.45) is 0 Å². The van der Waals surface area contributed by atoms with Crippen LogP contribution in [0.15, 0.2) is 0 Å². The second-order valence-corrected chi connectivity index (χ2v) is 6.52. The van der Waals surface area contributed by atoms with Crippen LogP contribution in [0.4, 0.5) is 0 Å². The third-order valence-corrected chi connectivity index (χ3v) is 4.42. The van der Waals surface area contributed by atoms with E-state index < -0.39 is 0 Å². The van der Waals surface area contributed by atoms with Gasteiger partial charge in [-0.2, -0.15) is 0 Å². The summed E-state index contributed by atoms with van der Waals surface area (Å²) >= 11 is 0. The van der Waals surface area contributed by atoms with Gasteiger partial charge in [0.2, 0.25) is 9.92 Å². The molecule has 0 unspecified atom stereocenters. The molecule has 4 heteroatoms. The Bertz CT molecular complexity index is 60.0. The molecule has 0 aliphatic rings. The summed E-state index contributed by atoms with van der Waals surface area (Å²) in [7, 11) is 2.64. The maximum atomic E-state index is 5.06. The van der Waals surface area contributed by atoms with Gasteiger partial charge < -0.3 is 8.66 Å². The van der Waals surface area contributed by atoms with Crippen LogP contribution >= 0.6 is 0 Å². The van der Waals surface area contributed by atoms with E-state index in [-0.39, 0.29) is 9.92 Å². The second kappa shape index (κ2) is 4.25. The fourth-order valence-electron chi connectivity index (χ4n) is 0.353. The minimum absolute atomic E-state index is 0.306. The maximum absolute atomic E-state index is 5.06. The minimum Gasteiger partial charge on any atom is -0.412 e. The molecule has 0 heterocycles. The Labute approximate surface area is 56.7 Å². The molecule has 0 aromatic rings. The Balaban J connectivity index is 3.17. The zero-order valence-electron chi connectivity index (χ0n) is 6.14. The average Bonchev–Trinajstić information content (AvgIpc) is 1.67. The first-order valence-electron chi connectivity index (χ1n) is 2.87. The van der Waals surface area contributed by atoms with Crippen molar-refractivity contribution in [2.45, 2.75) is 19.9 Å². The largest absolute Gasteiger partial charge is 0.412 e. The molecule has 0 aromatic heterocycles. The lowest BCUT2D eigenvalue weighted by Gasteiger charge is -2.18. The smallest absolute Gasteiger partial charge is 0.231 e. The lowest BCUT2D eigenvalue weighted by atomic mass is 10.4. The standard InChI is InChI=1S/C4H15NOSi2/c1-4(2)5(7)8-6-3/h4H,8H2,1-3,7H3. The third-order valence-electron chi connectivity index (χ3n) is 1.21. The number of rotatable bonds is 3. The Morgan fingerprint density at radius 1 is 1.62 bits per heavy atom. The molecule has 8 heavy (non-hydrogen) atoms. The van der Waals surface area contributed by atoms with E-state index in [4.69, 9.17) is 4.43 Å². The van der Waals surface area contributed by atoms with Gasteiger partial charge in [0.05, 0.1) is 10.4 Å². The van der Waals surface area contributed by atoms with Gasteiger partial charge in [-0.05, 0) is 6.04 Å². The molecule has 0 aromatic carbocycles. The maximum Gasteiger partial charge on any atom is 0.231 e. The quantitative estimate of drug-likeness (QED) is 0.459. The van der Waals surface area contributed by atoms with Crippen LogP contribution in [0.3, 0.4) is 0 Å². The van der Waals surface area contributed by atoms with Crippen LogP contribution < -0.4 is 0 Å². The van der Waals surface area contributed by atoms with Crippen molar-refractivity contribution in [1.29, 1.82) is 0 Å². The molecule has 0 atom stereocenters. The molecular formula is C4H15NOSi2. The molecule has 2 nitrogen and oxygen atoms in total. The molecule has 0 saturated carbocycles. The highest BCUT2D eigenvalue weighted by atomic mass is 28.3. The zero-order chi connectivity index (χ0) is 6.57. The molecule has 0 saturated heterocycles. The van der Waals surface area contributed by atoms with Gasteiger partial charge in [-0.3, -0.25) is 0 Å². The van der Waals surface area contributed by atoms with Gasteiger partial charge in [-0.25, -0.2) is 0 Å². The van der Waals surface area contributed by atoms with Crippen LogP contribution in [-0.2, 0) is 4.43 Å². The highest BCUT2D eigenvalue weighted by Crippen LogP contribution is 1.87. The first kappa shape index (κ1) is 8.35. The van der Waals surface area contributed by atoms with Gasteiger partial charge in [0, 0.05) is 7.11 Å². The van der Waals surface area contributed by atoms with Gasteiger partial charge in [0.25, 0.3) is 0 Å². The Morgan fingerprint density at radius 3 is 2.25 bits per heavy atom. The van der Waals surface area contributed by atoms with Gasteiger partial charge in [-0.15, -0.1) is 0 Å². The molecule has 0 aliphatic carbocycles. The molecule has 0 aliphatic heterocycles. The monoisotopic (exact) mass is 149 g/mol. The summed E-state index contributed by atoms with van der Waals surface area (Å²) in [5.41, 5.74) is 0. The molecule has 0 radical (unpaired) electrons. The SMILES string of the molecule is CO[SiH2]N([SiH3])C(C)C. The normalized spacial score (nSPS) is 13.1. The number of nitrogens with zero attached hydrogens (tertiary/aromatic N) is 1. The molecule has 0 rings (SSSR count). The Morgan fingerprint density at radius 2 is 2.12 bits per heavy atom. The predicted octanol–water partition coefficient (Wildman–Crippen LogP) is -1.38. The van der Waals surface area contributed by atoms with Crippen LogP contribution in [0.25, 0.3) is 0 Å². The van der Waals surface area contributed by atoms with E-state index in [0.29, 0.717) is 6.04 Å². The molecule has 50 valence electrons. The Kier molecular flexibility index (Phi) is 4.44. The lowest BCUT2D eigenvalue weighted by Crippen LogP contribution is -2.32. The molecule has 0 bridgehead atoms. The van der Waals surface area contributed by atoms with Crippen molar-refractivity contribution >= 4 is 20.3 Å². The van der Waals surface area contributed by atoms with E-state index in [1.54, 1.807) is 7.11 Å². The van der Waals surface area contributed by atoms with E-state index in [1.165, 1.54) is 0 Å². The summed E-state index contributed by atoms with van der Waals surface area (Å²) in [4.78, 5) is 0. The van der Waals surface area contributed by atoms with Crippen molar-refractivity contribution in [1.82, 2.24) is 4.23 Å². The molecule has 0 amide bonds. The topological polar surface area (TPSA) is 12.5 Å². The highest BCUT2D eigenvalue weighted by molar-refractivity contribution is 6.35. The minimum atomic E-state index is -0.306. The highest BCUT2D eigenvalue weighted by Gasteiger charge is 1.99. The summed E-state index contributed by atoms with van der Waals surface area (Å²) in [6.45, 7) is 4.41. The summed E-state index contributed by atoms with van der Waals surface area (Å²) < 4.78 is 7.47. The van der Waals surface area contributed by atoms with E-state index in [2.05, 4.69) is 18.1 Å². The van der Waals surface area contributed by atoms with Gasteiger partial charge >= 0.3 is 0 Å². The number of hydrogen-bond donors (Lipinski definition) is 0. The van der Waals surface area contributed by atoms with Crippen LogP contribution in [0.2, 0.25) is 0 Å². The van der Waals surface area contributed by atoms with Crippen LogP contribution in [0.5, 0.6) is 0 Å². The van der Waals surface area contributed by atoms with Crippen molar-refractivity contribution < 1.29 is 4.43 Å². The van der Waals surface area contributed by atoms with Gasteiger partial charge in [0.1, 0.15) is 0 Å². The van der Waals surface area contributed by atoms with E-state index in [9.17, 15) is 0 Å². The number of hydrogen-bond acceptors (Lipinski definition) is 2. The van der Waals surface area contributed by atoms with Crippen molar-refractivity contribution in [3.05, 3.63) is 0 Å². The second-order valence-electron chi connectivity index (χ2n) is 2.27. The lowest BCUT2D eigenvalue weighted by molar-refractivity contribution is 0.384. The zero-order valence-corrected chi connectivity index (χ0v) is 9.55. The predicted molar refractivity (Wildman–Crippen MR) is 42.5 cm³/mol. The van der Waals surface area contributed by atoms with Crippen LogP contribution in [0.1, 0.15) is 13.8 Å². The first-order chi connectivity index (χ1) is 3.68. The fraction of sp³-hybridized carbons (Fsp3) is 1.00. The van der Waals surface area contributed by atoms with E-state index in [0.717, 1.165) is 10.4 Å². The summed E-state index contributed by atoms with van der Waals surface area (Å²) in [6, 6.07) is 0.702. The summed E-state index contributed by atoms with van der Waals surface area (Å²) in [6.07, 6.45) is 0. The third kappa shape index (κ3) is 3.37. The van der Waals surface area contributed by atoms with Crippen molar-refractivity contribution in [3.63, 3.8) is 0 Å². The van der Waals surface area contributed by atoms with Gasteiger partial charge in [-0.1, -0.05) is 13.8 Å². The van der Waals surface area contributed by atoms with Crippen LogP contribution in [0, 0.1) is 0 Å². The van der Waals surface area contributed by atoms with Crippen molar-refractivity contribution in [3.8, 4) is 0 Å². The summed E-state index contributed by atoms with van der Waals surface area (Å²) in [5, 5.41) is 0. The molecular weight excluding hydrogens is 134 g/mol. The fourth-order valence-corrected chi connectivity index (χ4v) is 1.83. The van der Waals surface area contributed by atoms with Crippen LogP contribution in [-0.4, -0.2) is 37.7 Å². The Hall–Kier alpha value is 0.354. The van der Waals surface area contributed by atoms with E-state index in [1.807, 2.05) is 0 Å².